The number of esters is 1. The minimum Gasteiger partial charge on any atom is -0.508 e. The van der Waals surface area contributed by atoms with Gasteiger partial charge in [-0.1, -0.05) is 12.1 Å². The molecular weight excluding hydrogens is 296 g/mol. The number of anilines is 2. The third-order valence-corrected chi connectivity index (χ3v) is 3.64. The van der Waals surface area contributed by atoms with E-state index in [1.807, 2.05) is 6.92 Å². The van der Waals surface area contributed by atoms with Gasteiger partial charge in [-0.2, -0.15) is 0 Å². The van der Waals surface area contributed by atoms with E-state index in [4.69, 9.17) is 4.74 Å². The summed E-state index contributed by atoms with van der Waals surface area (Å²) in [5, 5.41) is 12.4. The molecule has 1 aliphatic heterocycles. The number of phenols is 1. The van der Waals surface area contributed by atoms with Crippen molar-refractivity contribution in [3.05, 3.63) is 47.5 Å². The second-order valence-electron chi connectivity index (χ2n) is 5.40. The molecule has 0 saturated carbocycles. The van der Waals surface area contributed by atoms with Crippen molar-refractivity contribution in [2.45, 2.75) is 20.4 Å². The highest BCUT2D eigenvalue weighted by Gasteiger charge is 2.25. The summed E-state index contributed by atoms with van der Waals surface area (Å²) >= 11 is 0. The van der Waals surface area contributed by atoms with E-state index in [1.54, 1.807) is 41.3 Å². The monoisotopic (exact) mass is 312 g/mol. The van der Waals surface area contributed by atoms with Crippen LogP contribution in [-0.2, 0) is 11.3 Å². The second-order valence-corrected chi connectivity index (χ2v) is 5.40. The van der Waals surface area contributed by atoms with Crippen LogP contribution in [0.25, 0.3) is 0 Å². The number of hydrogen-bond donors (Lipinski definition) is 2. The van der Waals surface area contributed by atoms with Gasteiger partial charge in [0.15, 0.2) is 0 Å². The topological polar surface area (TPSA) is 78.9 Å². The number of nitrogens with one attached hydrogen (secondary N) is 1. The Morgan fingerprint density at radius 1 is 1.26 bits per heavy atom. The van der Waals surface area contributed by atoms with Gasteiger partial charge in [-0.05, 0) is 30.2 Å². The number of carbonyl (C=O) groups is 2. The zero-order valence-corrected chi connectivity index (χ0v) is 12.8. The van der Waals surface area contributed by atoms with Crippen molar-refractivity contribution >= 4 is 23.4 Å². The lowest BCUT2D eigenvalue weighted by molar-refractivity contribution is -0.131. The molecule has 2 N–H and O–H groups in total. The first-order chi connectivity index (χ1) is 10.9. The highest BCUT2D eigenvalue weighted by molar-refractivity contribution is 6.05. The number of aryl methyl sites for hydroxylation is 1. The molecule has 118 valence electrons. The number of rotatable bonds is 2. The van der Waals surface area contributed by atoms with Crippen molar-refractivity contribution < 1.29 is 19.4 Å². The summed E-state index contributed by atoms with van der Waals surface area (Å²) < 4.78 is 5.02. The molecule has 0 atom stereocenters. The molecule has 0 unspecified atom stereocenters. The van der Waals surface area contributed by atoms with Crippen LogP contribution in [0.5, 0.6) is 11.5 Å². The molecule has 1 heterocycles. The number of urea groups is 1. The minimum atomic E-state index is -0.413. The number of nitrogens with zero attached hydrogens (tertiary/aromatic N) is 1. The van der Waals surface area contributed by atoms with Gasteiger partial charge in [-0.3, -0.25) is 9.69 Å². The first-order valence-corrected chi connectivity index (χ1v) is 7.13. The molecule has 0 spiro atoms. The first-order valence-electron chi connectivity index (χ1n) is 7.13. The molecule has 0 fully saturated rings. The Morgan fingerprint density at radius 2 is 2.04 bits per heavy atom. The van der Waals surface area contributed by atoms with Crippen molar-refractivity contribution in [1.29, 1.82) is 0 Å². The maximum atomic E-state index is 12.4. The second kappa shape index (κ2) is 5.64. The molecule has 6 heteroatoms. The summed E-state index contributed by atoms with van der Waals surface area (Å²) in [5.41, 5.74) is 3.04. The smallest absolute Gasteiger partial charge is 0.326 e. The fourth-order valence-corrected chi connectivity index (χ4v) is 2.55. The van der Waals surface area contributed by atoms with Crippen LogP contribution in [0.3, 0.4) is 0 Å². The van der Waals surface area contributed by atoms with E-state index in [0.29, 0.717) is 23.7 Å². The number of aromatic hydroxyl groups is 1. The van der Waals surface area contributed by atoms with Crippen LogP contribution < -0.4 is 15.0 Å². The predicted octanol–water partition coefficient (Wildman–Crippen LogP) is 3.18. The van der Waals surface area contributed by atoms with E-state index in [-0.39, 0.29) is 11.8 Å². The molecule has 0 aliphatic carbocycles. The maximum absolute atomic E-state index is 12.4. The Morgan fingerprint density at radius 3 is 2.78 bits per heavy atom. The van der Waals surface area contributed by atoms with Gasteiger partial charge in [-0.25, -0.2) is 4.79 Å². The van der Waals surface area contributed by atoms with Gasteiger partial charge in [-0.15, -0.1) is 0 Å². The van der Waals surface area contributed by atoms with Gasteiger partial charge >= 0.3 is 12.0 Å². The number of ether oxygens (including phenoxy) is 1. The average Bonchev–Trinajstić information content (AvgIpc) is 2.48. The predicted molar refractivity (Wildman–Crippen MR) is 85.8 cm³/mol. The fourth-order valence-electron chi connectivity index (χ4n) is 2.55. The normalized spacial score (nSPS) is 13.3. The summed E-state index contributed by atoms with van der Waals surface area (Å²) in [6.07, 6.45) is 0. The molecule has 2 aromatic rings. The van der Waals surface area contributed by atoms with Gasteiger partial charge in [0.2, 0.25) is 0 Å². The van der Waals surface area contributed by atoms with Gasteiger partial charge in [0.1, 0.15) is 11.5 Å². The van der Waals surface area contributed by atoms with Crippen molar-refractivity contribution in [2.75, 3.05) is 10.2 Å². The molecule has 1 aliphatic rings. The summed E-state index contributed by atoms with van der Waals surface area (Å²) in [5.74, 6) is 0.0806. The number of fused-ring (bicyclic) bond motifs is 1. The van der Waals surface area contributed by atoms with Crippen LogP contribution in [0.1, 0.15) is 18.1 Å². The number of carbonyl (C=O) groups excluding carboxylic acids is 2. The zero-order chi connectivity index (χ0) is 16.6. The number of benzene rings is 2. The third-order valence-electron chi connectivity index (χ3n) is 3.64. The van der Waals surface area contributed by atoms with Gasteiger partial charge in [0, 0.05) is 19.1 Å². The first kappa shape index (κ1) is 14.9. The Kier molecular flexibility index (Phi) is 3.65. The van der Waals surface area contributed by atoms with Gasteiger partial charge in [0.05, 0.1) is 17.9 Å². The van der Waals surface area contributed by atoms with Crippen LogP contribution in [-0.4, -0.2) is 17.1 Å². The Labute approximate surface area is 133 Å². The van der Waals surface area contributed by atoms with Gasteiger partial charge < -0.3 is 15.2 Å². The van der Waals surface area contributed by atoms with Crippen molar-refractivity contribution in [1.82, 2.24) is 0 Å². The maximum Gasteiger partial charge on any atom is 0.326 e. The molecule has 0 bridgehead atoms. The van der Waals surface area contributed by atoms with Crippen LogP contribution in [0.2, 0.25) is 0 Å². The summed E-state index contributed by atoms with van der Waals surface area (Å²) in [7, 11) is 0. The lowest BCUT2D eigenvalue weighted by Crippen LogP contribution is -2.39. The molecule has 6 nitrogen and oxygen atoms in total. The molecule has 0 saturated heterocycles. The van der Waals surface area contributed by atoms with Crippen molar-refractivity contribution in [3.63, 3.8) is 0 Å². The largest absolute Gasteiger partial charge is 0.508 e. The highest BCUT2D eigenvalue weighted by atomic mass is 16.5. The molecule has 23 heavy (non-hydrogen) atoms. The Hall–Kier alpha value is -3.02. The van der Waals surface area contributed by atoms with E-state index in [2.05, 4.69) is 5.32 Å². The summed E-state index contributed by atoms with van der Waals surface area (Å²) in [4.78, 5) is 24.9. The Bertz CT molecular complexity index is 801. The lowest BCUT2D eigenvalue weighted by atomic mass is 10.1. The molecule has 0 aromatic heterocycles. The fraction of sp³-hybridized carbons (Fsp3) is 0.176. The van der Waals surface area contributed by atoms with Crippen LogP contribution >= 0.6 is 0 Å². The van der Waals surface area contributed by atoms with E-state index in [9.17, 15) is 14.7 Å². The molecule has 3 rings (SSSR count). The van der Waals surface area contributed by atoms with E-state index >= 15 is 0 Å². The molecular formula is C17H16N2O4. The molecule has 2 aromatic carbocycles. The number of amides is 2. The quantitative estimate of drug-likeness (QED) is 0.659. The van der Waals surface area contributed by atoms with Crippen molar-refractivity contribution in [2.24, 2.45) is 0 Å². The standard InChI is InChI=1S/C17H16N2O4/c1-10-3-5-13(21)7-16(10)19-9-12-4-6-14(23-11(2)20)8-15(12)18-17(19)22/h3-8,21H,9H2,1-2H3,(H,18,22). The van der Waals surface area contributed by atoms with E-state index < -0.39 is 5.97 Å². The molecule has 2 amide bonds. The average molecular weight is 312 g/mol. The van der Waals surface area contributed by atoms with Crippen LogP contribution in [0.4, 0.5) is 16.2 Å². The SMILES string of the molecule is CC(=O)Oc1ccc2c(c1)NC(=O)N(c1cc(O)ccc1C)C2. The van der Waals surface area contributed by atoms with E-state index in [1.165, 1.54) is 6.92 Å². The van der Waals surface area contributed by atoms with Crippen LogP contribution in [0, 0.1) is 6.92 Å². The van der Waals surface area contributed by atoms with Crippen LogP contribution in [0.15, 0.2) is 36.4 Å². The summed E-state index contributed by atoms with van der Waals surface area (Å²) in [6, 6.07) is 9.72. The van der Waals surface area contributed by atoms with Crippen molar-refractivity contribution in [3.8, 4) is 11.5 Å². The van der Waals surface area contributed by atoms with Gasteiger partial charge in [0.25, 0.3) is 0 Å². The third kappa shape index (κ3) is 2.96. The highest BCUT2D eigenvalue weighted by Crippen LogP contribution is 2.33. The minimum absolute atomic E-state index is 0.106. The van der Waals surface area contributed by atoms with E-state index in [0.717, 1.165) is 11.1 Å². The Balaban J connectivity index is 1.93. The number of hydrogen-bond acceptors (Lipinski definition) is 4. The molecule has 0 radical (unpaired) electrons. The number of phenolic OH excluding ortho intramolecular Hbond substituents is 1. The zero-order valence-electron chi connectivity index (χ0n) is 12.8. The lowest BCUT2D eigenvalue weighted by Gasteiger charge is -2.30. The summed E-state index contributed by atoms with van der Waals surface area (Å²) in [6.45, 7) is 3.57.